The van der Waals surface area contributed by atoms with Crippen LogP contribution in [0.15, 0.2) is 42.5 Å². The molecule has 0 radical (unpaired) electrons. The number of aryl methyl sites for hydroxylation is 1. The molecule has 2 aromatic carbocycles. The molecule has 1 fully saturated rings. The number of nitrogens with one attached hydrogen (secondary N) is 1. The Morgan fingerprint density at radius 3 is 2.65 bits per heavy atom. The highest BCUT2D eigenvalue weighted by Gasteiger charge is 2.18. The number of amides is 1. The van der Waals surface area contributed by atoms with E-state index in [0.29, 0.717) is 5.56 Å². The molecular formula is C20H22N4OS. The summed E-state index contributed by atoms with van der Waals surface area (Å²) < 4.78 is 1.10. The minimum Gasteiger partial charge on any atom is -0.345 e. The lowest BCUT2D eigenvalue weighted by atomic mass is 10.1. The monoisotopic (exact) mass is 366 g/mol. The van der Waals surface area contributed by atoms with Gasteiger partial charge in [0.15, 0.2) is 5.13 Å². The van der Waals surface area contributed by atoms with Gasteiger partial charge >= 0.3 is 0 Å². The Hall–Kier alpha value is -2.44. The second-order valence-electron chi connectivity index (χ2n) is 6.74. The van der Waals surface area contributed by atoms with Crippen molar-refractivity contribution in [3.05, 3.63) is 53.6 Å². The number of rotatable bonds is 3. The fraction of sp³-hybridized carbons (Fsp3) is 0.300. The molecule has 26 heavy (non-hydrogen) atoms. The summed E-state index contributed by atoms with van der Waals surface area (Å²) in [6.07, 6.45) is 0. The molecule has 0 spiro atoms. The van der Waals surface area contributed by atoms with E-state index in [0.717, 1.165) is 52.8 Å². The summed E-state index contributed by atoms with van der Waals surface area (Å²) in [5, 5.41) is 4.07. The Morgan fingerprint density at radius 1 is 1.12 bits per heavy atom. The maximum Gasteiger partial charge on any atom is 0.255 e. The van der Waals surface area contributed by atoms with Crippen LogP contribution in [0.3, 0.4) is 0 Å². The van der Waals surface area contributed by atoms with Crippen LogP contribution in [0.1, 0.15) is 15.9 Å². The van der Waals surface area contributed by atoms with Gasteiger partial charge in [-0.25, -0.2) is 4.98 Å². The highest BCUT2D eigenvalue weighted by Crippen LogP contribution is 2.31. The maximum absolute atomic E-state index is 12.5. The number of fused-ring (bicyclic) bond motifs is 1. The Balaban J connectivity index is 1.54. The topological polar surface area (TPSA) is 48.5 Å². The lowest BCUT2D eigenvalue weighted by Crippen LogP contribution is -2.44. The molecule has 0 atom stereocenters. The molecule has 1 saturated heterocycles. The van der Waals surface area contributed by atoms with E-state index in [-0.39, 0.29) is 5.91 Å². The number of hydrogen-bond donors (Lipinski definition) is 1. The Kier molecular flexibility index (Phi) is 4.61. The first kappa shape index (κ1) is 17.0. The first-order chi connectivity index (χ1) is 12.6. The van der Waals surface area contributed by atoms with Gasteiger partial charge in [0.05, 0.1) is 10.2 Å². The maximum atomic E-state index is 12.5. The number of likely N-dealkylation sites (N-methyl/N-ethyl adjacent to an activating group) is 1. The highest BCUT2D eigenvalue weighted by molar-refractivity contribution is 7.22. The zero-order valence-corrected chi connectivity index (χ0v) is 15.8. The van der Waals surface area contributed by atoms with Crippen LogP contribution in [0, 0.1) is 6.92 Å². The number of carbonyl (C=O) groups is 1. The number of hydrogen-bond acceptors (Lipinski definition) is 5. The van der Waals surface area contributed by atoms with Gasteiger partial charge in [0, 0.05) is 37.4 Å². The lowest BCUT2D eigenvalue weighted by Gasteiger charge is -2.31. The molecule has 0 unspecified atom stereocenters. The van der Waals surface area contributed by atoms with Gasteiger partial charge in [0.2, 0.25) is 0 Å². The van der Waals surface area contributed by atoms with Crippen molar-refractivity contribution in [2.45, 2.75) is 6.92 Å². The van der Waals surface area contributed by atoms with Crippen molar-refractivity contribution in [2.24, 2.45) is 0 Å². The molecule has 0 bridgehead atoms. The van der Waals surface area contributed by atoms with Crippen LogP contribution in [0.25, 0.3) is 10.2 Å². The molecule has 1 amide bonds. The van der Waals surface area contributed by atoms with Crippen LogP contribution >= 0.6 is 11.3 Å². The lowest BCUT2D eigenvalue weighted by molar-refractivity contribution is 0.102. The van der Waals surface area contributed by atoms with E-state index >= 15 is 0 Å². The van der Waals surface area contributed by atoms with Crippen molar-refractivity contribution in [1.82, 2.24) is 9.88 Å². The van der Waals surface area contributed by atoms with Gasteiger partial charge in [0.1, 0.15) is 0 Å². The molecule has 1 N–H and O–H groups in total. The summed E-state index contributed by atoms with van der Waals surface area (Å²) in [7, 11) is 2.15. The van der Waals surface area contributed by atoms with Crippen LogP contribution in [-0.2, 0) is 0 Å². The fourth-order valence-electron chi connectivity index (χ4n) is 3.15. The van der Waals surface area contributed by atoms with Crippen LogP contribution < -0.4 is 10.2 Å². The largest absolute Gasteiger partial charge is 0.345 e. The second kappa shape index (κ2) is 7.05. The van der Waals surface area contributed by atoms with Crippen molar-refractivity contribution in [2.75, 3.05) is 43.4 Å². The summed E-state index contributed by atoms with van der Waals surface area (Å²) in [4.78, 5) is 22.0. The van der Waals surface area contributed by atoms with Crippen molar-refractivity contribution >= 4 is 38.3 Å². The number of aromatic nitrogens is 1. The van der Waals surface area contributed by atoms with Crippen molar-refractivity contribution in [3.8, 4) is 0 Å². The molecule has 6 heteroatoms. The molecule has 1 aliphatic rings. The fourth-order valence-corrected chi connectivity index (χ4v) is 4.21. The molecular weight excluding hydrogens is 344 g/mol. The molecule has 0 saturated carbocycles. The Bertz CT molecular complexity index is 944. The molecule has 1 aliphatic heterocycles. The molecule has 2 heterocycles. The van der Waals surface area contributed by atoms with E-state index in [9.17, 15) is 4.79 Å². The molecule has 1 aromatic heterocycles. The summed E-state index contributed by atoms with van der Waals surface area (Å²) in [6.45, 7) is 6.09. The minimum absolute atomic E-state index is 0.0775. The smallest absolute Gasteiger partial charge is 0.255 e. The predicted molar refractivity (Wildman–Crippen MR) is 108 cm³/mol. The van der Waals surface area contributed by atoms with Gasteiger partial charge in [-0.3, -0.25) is 4.79 Å². The Morgan fingerprint density at radius 2 is 1.88 bits per heavy atom. The van der Waals surface area contributed by atoms with E-state index in [1.807, 2.05) is 49.4 Å². The van der Waals surface area contributed by atoms with Crippen molar-refractivity contribution < 1.29 is 4.79 Å². The average Bonchev–Trinajstić information content (AvgIpc) is 3.06. The molecule has 3 aromatic rings. The van der Waals surface area contributed by atoms with Crippen LogP contribution in [-0.4, -0.2) is 49.0 Å². The summed E-state index contributed by atoms with van der Waals surface area (Å²) in [6, 6.07) is 13.5. The van der Waals surface area contributed by atoms with Crippen LogP contribution in [0.5, 0.6) is 0 Å². The molecule has 4 rings (SSSR count). The minimum atomic E-state index is -0.0775. The summed E-state index contributed by atoms with van der Waals surface area (Å²) >= 11 is 1.69. The number of anilines is 2. The number of nitrogens with zero attached hydrogens (tertiary/aromatic N) is 3. The van der Waals surface area contributed by atoms with Gasteiger partial charge < -0.3 is 15.1 Å². The zero-order chi connectivity index (χ0) is 18.1. The third-order valence-electron chi connectivity index (χ3n) is 4.80. The SMILES string of the molecule is Cc1ccccc1C(=O)Nc1ccc2nc(N3CCN(C)CC3)sc2c1. The first-order valence-electron chi connectivity index (χ1n) is 8.81. The first-order valence-corrected chi connectivity index (χ1v) is 9.63. The van der Waals surface area contributed by atoms with Gasteiger partial charge in [-0.2, -0.15) is 0 Å². The van der Waals surface area contributed by atoms with Crippen LogP contribution in [0.4, 0.5) is 10.8 Å². The van der Waals surface area contributed by atoms with E-state index in [1.165, 1.54) is 0 Å². The van der Waals surface area contributed by atoms with E-state index in [4.69, 9.17) is 4.98 Å². The quantitative estimate of drug-likeness (QED) is 0.769. The van der Waals surface area contributed by atoms with Crippen molar-refractivity contribution in [3.63, 3.8) is 0 Å². The zero-order valence-electron chi connectivity index (χ0n) is 15.0. The van der Waals surface area contributed by atoms with Gasteiger partial charge in [-0.1, -0.05) is 29.5 Å². The number of piperazine rings is 1. The van der Waals surface area contributed by atoms with E-state index < -0.39 is 0 Å². The number of benzene rings is 2. The third-order valence-corrected chi connectivity index (χ3v) is 5.88. The van der Waals surface area contributed by atoms with E-state index in [1.54, 1.807) is 11.3 Å². The predicted octanol–water partition coefficient (Wildman–Crippen LogP) is 3.61. The third kappa shape index (κ3) is 3.43. The normalized spacial score (nSPS) is 15.4. The van der Waals surface area contributed by atoms with Gasteiger partial charge in [0.25, 0.3) is 5.91 Å². The average molecular weight is 366 g/mol. The second-order valence-corrected chi connectivity index (χ2v) is 7.75. The highest BCUT2D eigenvalue weighted by atomic mass is 32.1. The molecule has 134 valence electrons. The number of thiazole rings is 1. The van der Waals surface area contributed by atoms with Gasteiger partial charge in [-0.05, 0) is 43.8 Å². The molecule has 0 aliphatic carbocycles. The Labute approximate surface area is 157 Å². The molecule has 5 nitrogen and oxygen atoms in total. The standard InChI is InChI=1S/C20H22N4OS/c1-14-5-3-4-6-16(14)19(25)21-15-7-8-17-18(13-15)26-20(22-17)24-11-9-23(2)10-12-24/h3-8,13H,9-12H2,1-2H3,(H,21,25). The van der Waals surface area contributed by atoms with Crippen molar-refractivity contribution in [1.29, 1.82) is 0 Å². The van der Waals surface area contributed by atoms with E-state index in [2.05, 4.69) is 22.2 Å². The van der Waals surface area contributed by atoms with Gasteiger partial charge in [-0.15, -0.1) is 0 Å². The number of carbonyl (C=O) groups excluding carboxylic acids is 1. The summed E-state index contributed by atoms with van der Waals surface area (Å²) in [5.74, 6) is -0.0775. The summed E-state index contributed by atoms with van der Waals surface area (Å²) in [5.41, 5.74) is 3.47. The van der Waals surface area contributed by atoms with Crippen LogP contribution in [0.2, 0.25) is 0 Å².